The van der Waals surface area contributed by atoms with Gasteiger partial charge in [-0.15, -0.1) is 0 Å². The molecule has 0 aliphatic heterocycles. The van der Waals surface area contributed by atoms with Crippen LogP contribution in [0, 0.1) is 19.7 Å². The molecule has 6 rings (SSSR count). The number of halogens is 1. The number of pyridine rings is 1. The SMILES string of the molecule is COc1cc(Cn2cnc3c(-c4ccc(F)cc4C)cc(Cn4ccc5cc(C)cnc54)cc3c2=O)cc(OC)c1. The van der Waals surface area contributed by atoms with E-state index in [0.717, 1.165) is 44.4 Å². The van der Waals surface area contributed by atoms with E-state index in [1.807, 2.05) is 56.6 Å². The molecule has 0 aliphatic carbocycles. The van der Waals surface area contributed by atoms with Crippen LogP contribution in [0.1, 0.15) is 22.3 Å². The number of hydrogen-bond donors (Lipinski definition) is 0. The quantitative estimate of drug-likeness (QED) is 0.235. The highest BCUT2D eigenvalue weighted by molar-refractivity contribution is 5.94. The van der Waals surface area contributed by atoms with E-state index < -0.39 is 0 Å². The maximum atomic E-state index is 14.0. The molecule has 0 bridgehead atoms. The van der Waals surface area contributed by atoms with Crippen molar-refractivity contribution in [3.63, 3.8) is 0 Å². The van der Waals surface area contributed by atoms with Crippen LogP contribution < -0.4 is 15.0 Å². The Morgan fingerprint density at radius 3 is 2.27 bits per heavy atom. The average Bonchev–Trinajstić information content (AvgIpc) is 3.35. The first-order valence-electron chi connectivity index (χ1n) is 13.2. The molecule has 6 aromatic rings. The van der Waals surface area contributed by atoms with E-state index in [4.69, 9.17) is 14.5 Å². The van der Waals surface area contributed by atoms with Gasteiger partial charge >= 0.3 is 0 Å². The van der Waals surface area contributed by atoms with Crippen molar-refractivity contribution >= 4 is 21.9 Å². The molecule has 0 unspecified atom stereocenters. The minimum atomic E-state index is -0.309. The van der Waals surface area contributed by atoms with Crippen LogP contribution in [0.3, 0.4) is 0 Å². The summed E-state index contributed by atoms with van der Waals surface area (Å²) in [7, 11) is 3.18. The van der Waals surface area contributed by atoms with Gasteiger partial charge in [-0.1, -0.05) is 6.07 Å². The highest BCUT2D eigenvalue weighted by atomic mass is 19.1. The molecule has 0 fully saturated rings. The molecule has 0 saturated carbocycles. The number of hydrogen-bond acceptors (Lipinski definition) is 5. The van der Waals surface area contributed by atoms with Crippen molar-refractivity contribution in [3.8, 4) is 22.6 Å². The van der Waals surface area contributed by atoms with E-state index in [1.165, 1.54) is 12.1 Å². The molecule has 41 heavy (non-hydrogen) atoms. The van der Waals surface area contributed by atoms with Crippen LogP contribution in [0.25, 0.3) is 33.1 Å². The maximum Gasteiger partial charge on any atom is 0.261 e. The molecule has 0 saturated heterocycles. The molecule has 0 radical (unpaired) electrons. The van der Waals surface area contributed by atoms with E-state index in [2.05, 4.69) is 15.6 Å². The van der Waals surface area contributed by atoms with Gasteiger partial charge in [0.25, 0.3) is 5.56 Å². The van der Waals surface area contributed by atoms with Crippen LogP contribution in [0.5, 0.6) is 11.5 Å². The molecule has 0 atom stereocenters. The number of fused-ring (bicyclic) bond motifs is 2. The van der Waals surface area contributed by atoms with Gasteiger partial charge in [0, 0.05) is 36.0 Å². The fourth-order valence-corrected chi connectivity index (χ4v) is 5.34. The first kappa shape index (κ1) is 26.3. The summed E-state index contributed by atoms with van der Waals surface area (Å²) in [6, 6.07) is 18.3. The zero-order valence-corrected chi connectivity index (χ0v) is 23.3. The fourth-order valence-electron chi connectivity index (χ4n) is 5.34. The second-order valence-corrected chi connectivity index (χ2v) is 10.3. The predicted octanol–water partition coefficient (Wildman–Crippen LogP) is 6.28. The van der Waals surface area contributed by atoms with E-state index in [0.29, 0.717) is 28.9 Å². The van der Waals surface area contributed by atoms with Crippen LogP contribution in [0.2, 0.25) is 0 Å². The van der Waals surface area contributed by atoms with E-state index in [-0.39, 0.29) is 17.9 Å². The highest BCUT2D eigenvalue weighted by Crippen LogP contribution is 2.31. The lowest BCUT2D eigenvalue weighted by atomic mass is 9.96. The number of aromatic nitrogens is 4. The normalized spacial score (nSPS) is 11.3. The second-order valence-electron chi connectivity index (χ2n) is 10.3. The van der Waals surface area contributed by atoms with Crippen LogP contribution in [-0.2, 0) is 13.1 Å². The van der Waals surface area contributed by atoms with Crippen molar-refractivity contribution in [1.82, 2.24) is 19.1 Å². The van der Waals surface area contributed by atoms with Crippen molar-refractivity contribution in [3.05, 3.63) is 118 Å². The van der Waals surface area contributed by atoms with Crippen molar-refractivity contribution in [1.29, 1.82) is 0 Å². The smallest absolute Gasteiger partial charge is 0.261 e. The molecule has 3 aromatic carbocycles. The number of rotatable bonds is 7. The number of benzene rings is 3. The molecule has 3 aromatic heterocycles. The Balaban J connectivity index is 1.51. The molecular weight excluding hydrogens is 519 g/mol. The van der Waals surface area contributed by atoms with Gasteiger partial charge in [-0.05, 0) is 90.2 Å². The first-order valence-corrected chi connectivity index (χ1v) is 13.2. The van der Waals surface area contributed by atoms with Crippen molar-refractivity contribution in [2.75, 3.05) is 14.2 Å². The lowest BCUT2D eigenvalue weighted by Gasteiger charge is -2.15. The molecule has 0 spiro atoms. The van der Waals surface area contributed by atoms with Crippen LogP contribution in [0.4, 0.5) is 4.39 Å². The number of nitrogens with zero attached hydrogens (tertiary/aromatic N) is 4. The van der Waals surface area contributed by atoms with Gasteiger partial charge in [-0.25, -0.2) is 14.4 Å². The first-order chi connectivity index (χ1) is 19.8. The van der Waals surface area contributed by atoms with E-state index in [1.54, 1.807) is 37.2 Å². The molecule has 0 N–H and O–H groups in total. The molecule has 8 heteroatoms. The van der Waals surface area contributed by atoms with Crippen molar-refractivity contribution in [2.24, 2.45) is 0 Å². The van der Waals surface area contributed by atoms with Crippen LogP contribution in [0.15, 0.2) is 84.2 Å². The van der Waals surface area contributed by atoms with Crippen molar-refractivity contribution < 1.29 is 13.9 Å². The molecular formula is C33H29FN4O3. The summed E-state index contributed by atoms with van der Waals surface area (Å²) in [6.45, 7) is 4.67. The number of methoxy groups -OCH3 is 2. The summed E-state index contributed by atoms with van der Waals surface area (Å²) in [5, 5.41) is 1.54. The minimum Gasteiger partial charge on any atom is -0.497 e. The summed E-state index contributed by atoms with van der Waals surface area (Å²) >= 11 is 0. The minimum absolute atomic E-state index is 0.175. The lowest BCUT2D eigenvalue weighted by molar-refractivity contribution is 0.393. The zero-order chi connectivity index (χ0) is 28.7. The molecule has 0 aliphatic rings. The largest absolute Gasteiger partial charge is 0.497 e. The maximum absolute atomic E-state index is 14.0. The molecule has 7 nitrogen and oxygen atoms in total. The topological polar surface area (TPSA) is 71.2 Å². The lowest BCUT2D eigenvalue weighted by Crippen LogP contribution is -2.21. The Labute approximate surface area is 236 Å². The monoisotopic (exact) mass is 548 g/mol. The standard InChI is InChI=1S/C33H29FN4O3/c1-20-9-24-7-8-37(32(24)35-16-20)17-23-13-29(28-6-5-25(34)10-21(28)2)31-30(14-23)33(39)38(19-36-31)18-22-11-26(40-3)15-27(12-22)41-4/h5-16,19H,17-18H2,1-4H3. The van der Waals surface area contributed by atoms with Gasteiger partial charge in [-0.2, -0.15) is 0 Å². The van der Waals surface area contributed by atoms with Gasteiger partial charge in [0.2, 0.25) is 0 Å². The summed E-state index contributed by atoms with van der Waals surface area (Å²) < 4.78 is 28.5. The van der Waals surface area contributed by atoms with Gasteiger partial charge in [0.05, 0.1) is 38.0 Å². The third-order valence-electron chi connectivity index (χ3n) is 7.32. The average molecular weight is 549 g/mol. The van der Waals surface area contributed by atoms with E-state index in [9.17, 15) is 9.18 Å². The Kier molecular flexibility index (Phi) is 6.75. The van der Waals surface area contributed by atoms with Gasteiger partial charge in [-0.3, -0.25) is 9.36 Å². The zero-order valence-electron chi connectivity index (χ0n) is 23.3. The van der Waals surface area contributed by atoms with Crippen molar-refractivity contribution in [2.45, 2.75) is 26.9 Å². The number of ether oxygens (including phenoxy) is 2. The van der Waals surface area contributed by atoms with Gasteiger partial charge in [0.1, 0.15) is 23.0 Å². The summed E-state index contributed by atoms with van der Waals surface area (Å²) in [6.07, 6.45) is 5.41. The van der Waals surface area contributed by atoms with Crippen LogP contribution >= 0.6 is 0 Å². The number of aryl methyl sites for hydroxylation is 2. The highest BCUT2D eigenvalue weighted by Gasteiger charge is 2.16. The predicted molar refractivity (Wildman–Crippen MR) is 158 cm³/mol. The molecule has 0 amide bonds. The van der Waals surface area contributed by atoms with E-state index >= 15 is 0 Å². The fraction of sp³-hybridized carbons (Fsp3) is 0.182. The van der Waals surface area contributed by atoms with Gasteiger partial charge in [0.15, 0.2) is 0 Å². The van der Waals surface area contributed by atoms with Gasteiger partial charge < -0.3 is 14.0 Å². The summed E-state index contributed by atoms with van der Waals surface area (Å²) in [4.78, 5) is 23.3. The Morgan fingerprint density at radius 1 is 0.805 bits per heavy atom. The third-order valence-corrected chi connectivity index (χ3v) is 7.32. The molecule has 206 valence electrons. The Morgan fingerprint density at radius 2 is 1.54 bits per heavy atom. The third kappa shape index (κ3) is 5.04. The second kappa shape index (κ2) is 10.5. The van der Waals surface area contributed by atoms with Crippen LogP contribution in [-0.4, -0.2) is 33.3 Å². The summed E-state index contributed by atoms with van der Waals surface area (Å²) in [5.74, 6) is 0.969. The summed E-state index contributed by atoms with van der Waals surface area (Å²) in [5.41, 5.74) is 6.48. The molecule has 3 heterocycles. The Hall–Kier alpha value is -4.98. The Bertz CT molecular complexity index is 1970.